The van der Waals surface area contributed by atoms with Gasteiger partial charge in [0, 0.05) is 24.5 Å². The lowest BCUT2D eigenvalue weighted by atomic mass is 9.95. The molecule has 3 aromatic rings. The summed E-state index contributed by atoms with van der Waals surface area (Å²) in [5.74, 6) is -2.33. The fourth-order valence-electron chi connectivity index (χ4n) is 3.51. The van der Waals surface area contributed by atoms with Crippen molar-refractivity contribution in [2.24, 2.45) is 0 Å². The lowest BCUT2D eigenvalue weighted by Gasteiger charge is -2.25. The number of aliphatic hydroxyl groups is 1. The van der Waals surface area contributed by atoms with E-state index in [1.54, 1.807) is 60.9 Å². The molecule has 2 aromatic carbocycles. The third-order valence-corrected chi connectivity index (χ3v) is 4.83. The lowest BCUT2D eigenvalue weighted by molar-refractivity contribution is -0.140. The summed E-state index contributed by atoms with van der Waals surface area (Å²) in [6.07, 6.45) is 3.20. The minimum absolute atomic E-state index is 0.0595. The van der Waals surface area contributed by atoms with Crippen LogP contribution in [0.1, 0.15) is 22.7 Å². The van der Waals surface area contributed by atoms with Gasteiger partial charge in [-0.1, -0.05) is 48.5 Å². The number of nitrogens with zero attached hydrogens (tertiary/aromatic N) is 2. The van der Waals surface area contributed by atoms with E-state index < -0.39 is 23.5 Å². The van der Waals surface area contributed by atoms with Crippen LogP contribution in [-0.2, 0) is 16.1 Å². The van der Waals surface area contributed by atoms with Crippen LogP contribution in [0.2, 0.25) is 0 Å². The minimum Gasteiger partial charge on any atom is -0.507 e. The number of rotatable bonds is 4. The summed E-state index contributed by atoms with van der Waals surface area (Å²) in [7, 11) is 0. The predicted molar refractivity (Wildman–Crippen MR) is 105 cm³/mol. The van der Waals surface area contributed by atoms with Gasteiger partial charge < -0.3 is 10.0 Å². The minimum atomic E-state index is -0.911. The van der Waals surface area contributed by atoms with Crippen LogP contribution in [0.3, 0.4) is 0 Å². The van der Waals surface area contributed by atoms with Crippen LogP contribution < -0.4 is 0 Å². The van der Waals surface area contributed by atoms with Crippen LogP contribution in [0.5, 0.6) is 0 Å². The maximum Gasteiger partial charge on any atom is 0.295 e. The maximum absolute atomic E-state index is 13.9. The predicted octanol–water partition coefficient (Wildman–Crippen LogP) is 3.84. The van der Waals surface area contributed by atoms with Gasteiger partial charge in [-0.15, -0.1) is 0 Å². The van der Waals surface area contributed by atoms with Gasteiger partial charge in [0.2, 0.25) is 0 Å². The average molecular weight is 388 g/mol. The van der Waals surface area contributed by atoms with Crippen LogP contribution in [0.4, 0.5) is 4.39 Å². The molecular formula is C23H17FN2O3. The van der Waals surface area contributed by atoms with Gasteiger partial charge in [-0.05, 0) is 29.3 Å². The van der Waals surface area contributed by atoms with Crippen molar-refractivity contribution in [3.63, 3.8) is 0 Å². The number of aliphatic hydroxyl groups excluding tert-OH is 1. The molecule has 1 saturated heterocycles. The highest BCUT2D eigenvalue weighted by Gasteiger charge is 2.46. The molecule has 0 unspecified atom stereocenters. The Balaban J connectivity index is 1.87. The molecule has 0 bridgehead atoms. The van der Waals surface area contributed by atoms with Crippen LogP contribution >= 0.6 is 0 Å². The fourth-order valence-corrected chi connectivity index (χ4v) is 3.51. The molecule has 0 radical (unpaired) electrons. The zero-order valence-corrected chi connectivity index (χ0v) is 15.3. The molecule has 1 fully saturated rings. The summed E-state index contributed by atoms with van der Waals surface area (Å²) >= 11 is 0. The van der Waals surface area contributed by atoms with Gasteiger partial charge in [-0.3, -0.25) is 14.6 Å². The van der Waals surface area contributed by atoms with E-state index in [-0.39, 0.29) is 17.9 Å². The van der Waals surface area contributed by atoms with Gasteiger partial charge in [0.1, 0.15) is 11.6 Å². The number of hydrogen-bond donors (Lipinski definition) is 1. The van der Waals surface area contributed by atoms with E-state index in [1.807, 2.05) is 0 Å². The van der Waals surface area contributed by atoms with E-state index in [2.05, 4.69) is 4.98 Å². The van der Waals surface area contributed by atoms with Crippen LogP contribution in [0, 0.1) is 5.82 Å². The van der Waals surface area contributed by atoms with Crippen molar-refractivity contribution < 1.29 is 19.1 Å². The number of likely N-dealkylation sites (tertiary alicyclic amines) is 1. The normalized spacial score (nSPS) is 18.2. The molecule has 0 saturated carbocycles. The molecule has 6 heteroatoms. The average Bonchev–Trinajstić information content (AvgIpc) is 2.99. The zero-order chi connectivity index (χ0) is 20.4. The Morgan fingerprint density at radius 3 is 2.52 bits per heavy atom. The Morgan fingerprint density at radius 1 is 1.03 bits per heavy atom. The lowest BCUT2D eigenvalue weighted by Crippen LogP contribution is -2.29. The molecule has 1 amide bonds. The second-order valence-corrected chi connectivity index (χ2v) is 6.71. The number of pyridine rings is 1. The smallest absolute Gasteiger partial charge is 0.295 e. The molecule has 5 nitrogen and oxygen atoms in total. The summed E-state index contributed by atoms with van der Waals surface area (Å²) in [5, 5.41) is 10.9. The molecule has 1 aliphatic rings. The third kappa shape index (κ3) is 3.52. The number of halogens is 1. The van der Waals surface area contributed by atoms with E-state index >= 15 is 0 Å². The van der Waals surface area contributed by atoms with Gasteiger partial charge in [0.05, 0.1) is 11.6 Å². The molecule has 144 valence electrons. The van der Waals surface area contributed by atoms with Crippen molar-refractivity contribution >= 4 is 17.4 Å². The Bertz CT molecular complexity index is 1100. The Morgan fingerprint density at radius 2 is 1.83 bits per heavy atom. The van der Waals surface area contributed by atoms with E-state index in [4.69, 9.17) is 0 Å². The van der Waals surface area contributed by atoms with Crippen LogP contribution in [0.15, 0.2) is 84.7 Å². The van der Waals surface area contributed by atoms with E-state index in [9.17, 15) is 19.1 Å². The summed E-state index contributed by atoms with van der Waals surface area (Å²) in [6.45, 7) is 0.102. The first-order valence-corrected chi connectivity index (χ1v) is 9.04. The molecule has 0 aliphatic carbocycles. The standard InChI is InChI=1S/C23H17FN2O3/c24-18-10-4-9-17(12-18)20-19(21(27)16-7-2-1-3-8-16)22(28)23(29)26(20)14-15-6-5-11-25-13-15/h1-13,20,27H,14H2/b21-19+/t20-/m1/s1. The monoisotopic (exact) mass is 388 g/mol. The number of benzene rings is 2. The first-order chi connectivity index (χ1) is 14.1. The maximum atomic E-state index is 13.9. The summed E-state index contributed by atoms with van der Waals surface area (Å²) < 4.78 is 13.9. The number of carbonyl (C=O) groups is 2. The number of carbonyl (C=O) groups excluding carboxylic acids is 2. The molecule has 0 spiro atoms. The van der Waals surface area contributed by atoms with E-state index in [0.717, 1.165) is 5.56 Å². The van der Waals surface area contributed by atoms with Gasteiger partial charge in [-0.25, -0.2) is 4.39 Å². The number of Topliss-reactive ketones (excluding diaryl/α,β-unsaturated/α-hetero) is 1. The Hall–Kier alpha value is -3.80. The second-order valence-electron chi connectivity index (χ2n) is 6.71. The van der Waals surface area contributed by atoms with Crippen molar-refractivity contribution in [2.75, 3.05) is 0 Å². The Labute approximate surface area is 166 Å². The molecular weight excluding hydrogens is 371 g/mol. The SMILES string of the molecule is O=C1C(=O)N(Cc2cccnc2)[C@H](c2cccc(F)c2)/C1=C(\O)c1ccccc1. The molecule has 1 aromatic heterocycles. The van der Waals surface area contributed by atoms with Gasteiger partial charge >= 0.3 is 0 Å². The number of amides is 1. The largest absolute Gasteiger partial charge is 0.507 e. The van der Waals surface area contributed by atoms with Crippen molar-refractivity contribution in [3.8, 4) is 0 Å². The fraction of sp³-hybridized carbons (Fsp3) is 0.0870. The summed E-state index contributed by atoms with van der Waals surface area (Å²) in [4.78, 5) is 31.1. The highest BCUT2D eigenvalue weighted by atomic mass is 19.1. The van der Waals surface area contributed by atoms with E-state index in [1.165, 1.54) is 23.1 Å². The van der Waals surface area contributed by atoms with Crippen molar-refractivity contribution in [1.29, 1.82) is 0 Å². The number of hydrogen-bond acceptors (Lipinski definition) is 4. The molecule has 4 rings (SSSR count). The van der Waals surface area contributed by atoms with Crippen LogP contribution in [0.25, 0.3) is 5.76 Å². The highest BCUT2D eigenvalue weighted by Crippen LogP contribution is 2.40. The topological polar surface area (TPSA) is 70.5 Å². The zero-order valence-electron chi connectivity index (χ0n) is 15.3. The molecule has 1 atom stereocenters. The summed E-state index contributed by atoms with van der Waals surface area (Å²) in [6, 6.07) is 16.8. The first-order valence-electron chi connectivity index (χ1n) is 9.04. The van der Waals surface area contributed by atoms with Crippen molar-refractivity contribution in [1.82, 2.24) is 9.88 Å². The summed E-state index contributed by atoms with van der Waals surface area (Å²) in [5.41, 5.74) is 1.48. The molecule has 1 N–H and O–H groups in total. The number of aromatic nitrogens is 1. The first kappa shape index (κ1) is 18.6. The quantitative estimate of drug-likeness (QED) is 0.419. The second kappa shape index (κ2) is 7.67. The van der Waals surface area contributed by atoms with Crippen molar-refractivity contribution in [3.05, 3.63) is 107 Å². The molecule has 2 heterocycles. The molecule has 29 heavy (non-hydrogen) atoms. The van der Waals surface area contributed by atoms with E-state index in [0.29, 0.717) is 11.1 Å². The van der Waals surface area contributed by atoms with Gasteiger partial charge in [-0.2, -0.15) is 0 Å². The Kier molecular flexibility index (Phi) is 4.91. The van der Waals surface area contributed by atoms with Crippen LogP contribution in [-0.4, -0.2) is 26.7 Å². The molecule has 1 aliphatic heterocycles. The van der Waals surface area contributed by atoms with Gasteiger partial charge in [0.15, 0.2) is 0 Å². The van der Waals surface area contributed by atoms with Crippen molar-refractivity contribution in [2.45, 2.75) is 12.6 Å². The number of ketones is 1. The third-order valence-electron chi connectivity index (χ3n) is 4.83. The highest BCUT2D eigenvalue weighted by molar-refractivity contribution is 6.46. The van der Waals surface area contributed by atoms with Gasteiger partial charge in [0.25, 0.3) is 11.7 Å².